The van der Waals surface area contributed by atoms with Crippen molar-refractivity contribution in [3.05, 3.63) is 57.8 Å². The monoisotopic (exact) mass is 430 g/mol. The maximum absolute atomic E-state index is 12.9. The first kappa shape index (κ1) is 22.5. The summed E-state index contributed by atoms with van der Waals surface area (Å²) in [5.41, 5.74) is 0.840. The van der Waals surface area contributed by atoms with E-state index in [4.69, 9.17) is 9.84 Å². The number of likely N-dealkylation sites (tertiary alicyclic amines) is 1. The van der Waals surface area contributed by atoms with Crippen molar-refractivity contribution in [2.45, 2.75) is 45.3 Å². The lowest BCUT2D eigenvalue weighted by atomic mass is 9.97. The molecular formula is C23H30N2O4S. The number of aromatic carboxylic acids is 1. The predicted molar refractivity (Wildman–Crippen MR) is 118 cm³/mol. The van der Waals surface area contributed by atoms with Gasteiger partial charge in [-0.15, -0.1) is 11.3 Å². The summed E-state index contributed by atoms with van der Waals surface area (Å²) in [7, 11) is 0. The highest BCUT2D eigenvalue weighted by Gasteiger charge is 2.25. The van der Waals surface area contributed by atoms with Crippen molar-refractivity contribution in [1.82, 2.24) is 10.2 Å². The van der Waals surface area contributed by atoms with Gasteiger partial charge in [0.05, 0.1) is 6.61 Å². The van der Waals surface area contributed by atoms with Crippen LogP contribution in [0.5, 0.6) is 0 Å². The minimum Gasteiger partial charge on any atom is -0.477 e. The van der Waals surface area contributed by atoms with E-state index in [-0.39, 0.29) is 5.97 Å². The van der Waals surface area contributed by atoms with Crippen LogP contribution in [0, 0.1) is 5.92 Å². The molecule has 1 aliphatic heterocycles. The Kier molecular flexibility index (Phi) is 8.01. The van der Waals surface area contributed by atoms with Gasteiger partial charge in [-0.25, -0.2) is 9.59 Å². The molecule has 2 N–H and O–H groups in total. The lowest BCUT2D eigenvalue weighted by molar-refractivity contribution is -0.148. The number of carbonyl (C=O) groups is 2. The van der Waals surface area contributed by atoms with Crippen LogP contribution in [0.1, 0.15) is 52.8 Å². The fraction of sp³-hybridized carbons (Fsp3) is 0.478. The van der Waals surface area contributed by atoms with Gasteiger partial charge in [-0.2, -0.15) is 0 Å². The van der Waals surface area contributed by atoms with Crippen molar-refractivity contribution in [3.63, 3.8) is 0 Å². The fourth-order valence-electron chi connectivity index (χ4n) is 3.69. The van der Waals surface area contributed by atoms with Gasteiger partial charge < -0.3 is 14.7 Å². The molecule has 30 heavy (non-hydrogen) atoms. The molecule has 3 rings (SSSR count). The van der Waals surface area contributed by atoms with Crippen molar-refractivity contribution in [2.24, 2.45) is 5.92 Å². The molecule has 1 atom stereocenters. The highest BCUT2D eigenvalue weighted by molar-refractivity contribution is 7.13. The summed E-state index contributed by atoms with van der Waals surface area (Å²) in [5.74, 6) is -0.827. The number of rotatable bonds is 9. The summed E-state index contributed by atoms with van der Waals surface area (Å²) in [6.07, 6.45) is 2.09. The molecule has 162 valence electrons. The van der Waals surface area contributed by atoms with Gasteiger partial charge in [0, 0.05) is 17.5 Å². The van der Waals surface area contributed by atoms with Gasteiger partial charge in [-0.3, -0.25) is 5.32 Å². The largest absolute Gasteiger partial charge is 0.477 e. The molecule has 1 aromatic carbocycles. The Morgan fingerprint density at radius 2 is 1.87 bits per heavy atom. The van der Waals surface area contributed by atoms with Crippen LogP contribution in [0.3, 0.4) is 0 Å². The summed E-state index contributed by atoms with van der Waals surface area (Å²) in [6.45, 7) is 7.36. The molecule has 0 amide bonds. The summed E-state index contributed by atoms with van der Waals surface area (Å²) in [5, 5.41) is 12.3. The second-order valence-electron chi connectivity index (χ2n) is 8.00. The fourth-order valence-corrected chi connectivity index (χ4v) is 4.49. The van der Waals surface area contributed by atoms with E-state index in [2.05, 4.69) is 24.1 Å². The van der Waals surface area contributed by atoms with E-state index in [1.54, 1.807) is 12.1 Å². The molecule has 1 aromatic heterocycles. The van der Waals surface area contributed by atoms with Crippen LogP contribution in [-0.2, 0) is 16.1 Å². The Balaban J connectivity index is 1.58. The second-order valence-corrected chi connectivity index (χ2v) is 9.17. The van der Waals surface area contributed by atoms with E-state index >= 15 is 0 Å². The zero-order valence-electron chi connectivity index (χ0n) is 17.5. The molecule has 0 aliphatic carbocycles. The Morgan fingerprint density at radius 1 is 1.17 bits per heavy atom. The van der Waals surface area contributed by atoms with E-state index in [1.807, 2.05) is 30.3 Å². The minimum absolute atomic E-state index is 0.289. The molecule has 1 fully saturated rings. The number of esters is 1. The van der Waals surface area contributed by atoms with Crippen molar-refractivity contribution < 1.29 is 19.4 Å². The third-order valence-corrected chi connectivity index (χ3v) is 6.64. The molecule has 0 bridgehead atoms. The highest BCUT2D eigenvalue weighted by Crippen LogP contribution is 2.22. The van der Waals surface area contributed by atoms with Gasteiger partial charge in [0.1, 0.15) is 10.9 Å². The van der Waals surface area contributed by atoms with E-state index < -0.39 is 12.0 Å². The molecule has 1 unspecified atom stereocenters. The molecule has 7 heteroatoms. The van der Waals surface area contributed by atoms with Crippen LogP contribution < -0.4 is 5.32 Å². The first-order chi connectivity index (χ1) is 14.4. The van der Waals surface area contributed by atoms with E-state index in [0.717, 1.165) is 36.4 Å². The maximum atomic E-state index is 12.9. The maximum Gasteiger partial charge on any atom is 0.345 e. The van der Waals surface area contributed by atoms with E-state index in [0.29, 0.717) is 30.0 Å². The number of nitrogens with one attached hydrogen (secondary N) is 1. The van der Waals surface area contributed by atoms with Gasteiger partial charge in [-0.05, 0) is 63.4 Å². The molecule has 0 saturated carbocycles. The number of hydrogen-bond donors (Lipinski definition) is 2. The molecule has 1 aliphatic rings. The number of carbonyl (C=O) groups excluding carboxylic acids is 1. The normalized spacial score (nSPS) is 16.5. The molecular weight excluding hydrogens is 400 g/mol. The number of piperidine rings is 1. The lowest BCUT2D eigenvalue weighted by Gasteiger charge is -2.34. The number of carboxylic acids is 1. The number of hydrogen-bond acceptors (Lipinski definition) is 6. The average Bonchev–Trinajstić information content (AvgIpc) is 3.23. The second kappa shape index (κ2) is 10.7. The van der Waals surface area contributed by atoms with Gasteiger partial charge in [0.2, 0.25) is 0 Å². The van der Waals surface area contributed by atoms with Gasteiger partial charge in [0.25, 0.3) is 0 Å². The average molecular weight is 431 g/mol. The van der Waals surface area contributed by atoms with Gasteiger partial charge in [-0.1, -0.05) is 30.3 Å². The van der Waals surface area contributed by atoms with E-state index in [1.165, 1.54) is 11.3 Å². The van der Waals surface area contributed by atoms with Gasteiger partial charge >= 0.3 is 11.9 Å². The Bertz CT molecular complexity index is 829. The standard InChI is InChI=1S/C23H30N2O4S/c1-16(2)25-12-10-17(11-13-25)15-29-23(28)21(18-6-4-3-5-7-18)24-14-19-8-9-20(30-19)22(26)27/h3-9,16-17,21,24H,10-15H2,1-2H3,(H,26,27). The first-order valence-corrected chi connectivity index (χ1v) is 11.3. The van der Waals surface area contributed by atoms with Crippen molar-refractivity contribution in [2.75, 3.05) is 19.7 Å². The van der Waals surface area contributed by atoms with Crippen LogP contribution in [0.15, 0.2) is 42.5 Å². The number of ether oxygens (including phenoxy) is 1. The van der Waals surface area contributed by atoms with Crippen LogP contribution in [-0.4, -0.2) is 47.7 Å². The predicted octanol–water partition coefficient (Wildman–Crippen LogP) is 3.94. The Morgan fingerprint density at radius 3 is 2.47 bits per heavy atom. The Labute approximate surface area is 181 Å². The van der Waals surface area contributed by atoms with Crippen molar-refractivity contribution in [1.29, 1.82) is 0 Å². The summed E-state index contributed by atoms with van der Waals surface area (Å²) in [6, 6.07) is 12.8. The smallest absolute Gasteiger partial charge is 0.345 e. The third kappa shape index (κ3) is 6.14. The van der Waals surface area contributed by atoms with Crippen molar-refractivity contribution in [3.8, 4) is 0 Å². The van der Waals surface area contributed by atoms with E-state index in [9.17, 15) is 9.59 Å². The number of thiophene rings is 1. The number of nitrogens with zero attached hydrogens (tertiary/aromatic N) is 1. The highest BCUT2D eigenvalue weighted by atomic mass is 32.1. The van der Waals surface area contributed by atoms with Crippen LogP contribution in [0.2, 0.25) is 0 Å². The molecule has 2 aromatic rings. The first-order valence-electron chi connectivity index (χ1n) is 10.4. The zero-order chi connectivity index (χ0) is 21.5. The third-order valence-electron chi connectivity index (χ3n) is 5.56. The summed E-state index contributed by atoms with van der Waals surface area (Å²) >= 11 is 1.21. The SMILES string of the molecule is CC(C)N1CCC(COC(=O)C(NCc2ccc(C(=O)O)s2)c2ccccc2)CC1. The number of benzene rings is 1. The van der Waals surface area contributed by atoms with Gasteiger partial charge in [0.15, 0.2) is 0 Å². The lowest BCUT2D eigenvalue weighted by Crippen LogP contribution is -2.40. The topological polar surface area (TPSA) is 78.9 Å². The summed E-state index contributed by atoms with van der Waals surface area (Å²) in [4.78, 5) is 27.6. The van der Waals surface area contributed by atoms with Crippen LogP contribution in [0.4, 0.5) is 0 Å². The zero-order valence-corrected chi connectivity index (χ0v) is 18.4. The Hall–Kier alpha value is -2.22. The summed E-state index contributed by atoms with van der Waals surface area (Å²) < 4.78 is 5.71. The quantitative estimate of drug-likeness (QED) is 0.587. The van der Waals surface area contributed by atoms with Crippen LogP contribution >= 0.6 is 11.3 Å². The number of carboxylic acid groups (broad SMARTS) is 1. The molecule has 1 saturated heterocycles. The molecule has 2 heterocycles. The molecule has 0 spiro atoms. The molecule has 6 nitrogen and oxygen atoms in total. The van der Waals surface area contributed by atoms with Crippen LogP contribution in [0.25, 0.3) is 0 Å². The minimum atomic E-state index is -0.936. The van der Waals surface area contributed by atoms with Crippen molar-refractivity contribution >= 4 is 23.3 Å². The molecule has 0 radical (unpaired) electrons.